The number of halogens is 1. The van der Waals surface area contributed by atoms with E-state index in [2.05, 4.69) is 38.8 Å². The van der Waals surface area contributed by atoms with Crippen LogP contribution in [0.25, 0.3) is 0 Å². The van der Waals surface area contributed by atoms with Gasteiger partial charge in [-0.15, -0.1) is 0 Å². The van der Waals surface area contributed by atoms with Crippen molar-refractivity contribution in [3.63, 3.8) is 0 Å². The molecule has 1 aliphatic heterocycles. The van der Waals surface area contributed by atoms with Gasteiger partial charge in [0.2, 0.25) is 0 Å². The van der Waals surface area contributed by atoms with E-state index < -0.39 is 0 Å². The van der Waals surface area contributed by atoms with Crippen LogP contribution in [0.4, 0.5) is 0 Å². The molecule has 1 aromatic rings. The van der Waals surface area contributed by atoms with Crippen LogP contribution >= 0.6 is 22.6 Å². The number of hydrogen-bond acceptors (Lipinski definition) is 3. The molecule has 1 amide bonds. The Balaban J connectivity index is 2.04. The predicted octanol–water partition coefficient (Wildman–Crippen LogP) is 0.845. The predicted molar refractivity (Wildman–Crippen MR) is 66.2 cm³/mol. The van der Waals surface area contributed by atoms with Crippen molar-refractivity contribution in [3.8, 4) is 0 Å². The van der Waals surface area contributed by atoms with Gasteiger partial charge in [0.1, 0.15) is 0 Å². The van der Waals surface area contributed by atoms with Gasteiger partial charge in [-0.3, -0.25) is 10.2 Å². The SMILES string of the molecule is O=C(NC1CCNN1)c1ccccc1I. The molecule has 1 heterocycles. The molecule has 0 spiro atoms. The van der Waals surface area contributed by atoms with Crippen LogP contribution in [0.3, 0.4) is 0 Å². The van der Waals surface area contributed by atoms with Crippen LogP contribution in [-0.2, 0) is 0 Å². The lowest BCUT2D eigenvalue weighted by Crippen LogP contribution is -2.44. The first kappa shape index (κ1) is 10.8. The second-order valence-corrected chi connectivity index (χ2v) is 4.53. The van der Waals surface area contributed by atoms with Crippen molar-refractivity contribution in [1.29, 1.82) is 0 Å². The maximum Gasteiger partial charge on any atom is 0.253 e. The standard InChI is InChI=1S/C10H12IN3O/c11-8-4-2-1-3-7(8)10(15)13-9-5-6-12-14-9/h1-4,9,12,14H,5-6H2,(H,13,15). The number of amides is 1. The Morgan fingerprint density at radius 2 is 2.27 bits per heavy atom. The highest BCUT2D eigenvalue weighted by atomic mass is 127. The number of carbonyl (C=O) groups excluding carboxylic acids is 1. The molecule has 15 heavy (non-hydrogen) atoms. The summed E-state index contributed by atoms with van der Waals surface area (Å²) in [5.74, 6) is -0.0267. The average molecular weight is 317 g/mol. The van der Waals surface area contributed by atoms with E-state index in [1.807, 2.05) is 24.3 Å². The first-order chi connectivity index (χ1) is 7.27. The van der Waals surface area contributed by atoms with Gasteiger partial charge in [0.15, 0.2) is 0 Å². The summed E-state index contributed by atoms with van der Waals surface area (Å²) >= 11 is 2.17. The van der Waals surface area contributed by atoms with Gasteiger partial charge in [-0.1, -0.05) is 12.1 Å². The van der Waals surface area contributed by atoms with Crippen molar-refractivity contribution < 1.29 is 4.79 Å². The molecule has 0 saturated carbocycles. The summed E-state index contributed by atoms with van der Waals surface area (Å²) in [6.07, 6.45) is 0.948. The van der Waals surface area contributed by atoms with Crippen LogP contribution < -0.4 is 16.2 Å². The number of carbonyl (C=O) groups is 1. The van der Waals surface area contributed by atoms with Crippen molar-refractivity contribution in [2.24, 2.45) is 0 Å². The first-order valence-electron chi connectivity index (χ1n) is 4.81. The molecule has 80 valence electrons. The van der Waals surface area contributed by atoms with Crippen molar-refractivity contribution in [1.82, 2.24) is 16.2 Å². The van der Waals surface area contributed by atoms with E-state index in [1.165, 1.54) is 0 Å². The lowest BCUT2D eigenvalue weighted by molar-refractivity contribution is 0.0931. The molecule has 5 heteroatoms. The fourth-order valence-corrected chi connectivity index (χ4v) is 2.11. The molecule has 0 bridgehead atoms. The van der Waals surface area contributed by atoms with Gasteiger partial charge in [0, 0.05) is 10.1 Å². The van der Waals surface area contributed by atoms with Crippen molar-refractivity contribution in [2.75, 3.05) is 6.54 Å². The minimum absolute atomic E-state index is 0.0267. The molecule has 1 unspecified atom stereocenters. The summed E-state index contributed by atoms with van der Waals surface area (Å²) in [4.78, 5) is 11.8. The highest BCUT2D eigenvalue weighted by Crippen LogP contribution is 2.11. The van der Waals surface area contributed by atoms with Gasteiger partial charge in [-0.2, -0.15) is 0 Å². The fraction of sp³-hybridized carbons (Fsp3) is 0.300. The highest BCUT2D eigenvalue weighted by molar-refractivity contribution is 14.1. The molecular weight excluding hydrogens is 305 g/mol. The molecule has 1 aliphatic rings. The largest absolute Gasteiger partial charge is 0.335 e. The summed E-state index contributed by atoms with van der Waals surface area (Å²) in [5, 5.41) is 2.92. The number of hydrogen-bond donors (Lipinski definition) is 3. The molecule has 1 saturated heterocycles. The molecule has 2 rings (SSSR count). The molecule has 4 nitrogen and oxygen atoms in total. The Hall–Kier alpha value is -0.660. The Kier molecular flexibility index (Phi) is 3.55. The van der Waals surface area contributed by atoms with E-state index >= 15 is 0 Å². The number of benzene rings is 1. The third-order valence-corrected chi connectivity index (χ3v) is 3.20. The Morgan fingerprint density at radius 1 is 1.47 bits per heavy atom. The van der Waals surface area contributed by atoms with E-state index in [1.54, 1.807) is 0 Å². The molecule has 1 fully saturated rings. The number of hydrazine groups is 1. The van der Waals surface area contributed by atoms with Crippen LogP contribution in [0.2, 0.25) is 0 Å². The summed E-state index contributed by atoms with van der Waals surface area (Å²) < 4.78 is 0.971. The molecule has 1 atom stereocenters. The molecule has 0 radical (unpaired) electrons. The summed E-state index contributed by atoms with van der Waals surface area (Å²) in [7, 11) is 0. The zero-order valence-corrected chi connectivity index (χ0v) is 10.2. The van der Waals surface area contributed by atoms with Gasteiger partial charge >= 0.3 is 0 Å². The second-order valence-electron chi connectivity index (χ2n) is 3.37. The third-order valence-electron chi connectivity index (χ3n) is 2.26. The van der Waals surface area contributed by atoms with Gasteiger partial charge in [0.05, 0.1) is 11.7 Å². The van der Waals surface area contributed by atoms with E-state index in [0.29, 0.717) is 0 Å². The van der Waals surface area contributed by atoms with E-state index in [4.69, 9.17) is 0 Å². The number of rotatable bonds is 2. The summed E-state index contributed by atoms with van der Waals surface area (Å²) in [6.45, 7) is 0.886. The van der Waals surface area contributed by atoms with Gasteiger partial charge in [-0.05, 0) is 41.1 Å². The van der Waals surface area contributed by atoms with Gasteiger partial charge < -0.3 is 5.32 Å². The van der Waals surface area contributed by atoms with Crippen molar-refractivity contribution in [3.05, 3.63) is 33.4 Å². The molecule has 0 aliphatic carbocycles. The van der Waals surface area contributed by atoms with Crippen LogP contribution in [0.5, 0.6) is 0 Å². The monoisotopic (exact) mass is 317 g/mol. The summed E-state index contributed by atoms with van der Waals surface area (Å²) in [6, 6.07) is 7.56. The van der Waals surface area contributed by atoms with Crippen LogP contribution in [0.1, 0.15) is 16.8 Å². The topological polar surface area (TPSA) is 53.2 Å². The lowest BCUT2D eigenvalue weighted by atomic mass is 10.2. The summed E-state index contributed by atoms with van der Waals surface area (Å²) in [5.41, 5.74) is 6.70. The zero-order chi connectivity index (χ0) is 10.7. The minimum Gasteiger partial charge on any atom is -0.335 e. The average Bonchev–Trinajstić information content (AvgIpc) is 2.71. The first-order valence-corrected chi connectivity index (χ1v) is 5.89. The molecule has 1 aromatic carbocycles. The van der Waals surface area contributed by atoms with Crippen molar-refractivity contribution in [2.45, 2.75) is 12.6 Å². The van der Waals surface area contributed by atoms with E-state index in [0.717, 1.165) is 22.1 Å². The quantitative estimate of drug-likeness (QED) is 0.709. The zero-order valence-electron chi connectivity index (χ0n) is 8.09. The smallest absolute Gasteiger partial charge is 0.253 e. The maximum absolute atomic E-state index is 11.8. The maximum atomic E-state index is 11.8. The normalized spacial score (nSPS) is 20.2. The van der Waals surface area contributed by atoms with Crippen LogP contribution in [-0.4, -0.2) is 18.6 Å². The lowest BCUT2D eigenvalue weighted by Gasteiger charge is -2.12. The fourth-order valence-electron chi connectivity index (χ4n) is 1.47. The van der Waals surface area contributed by atoms with Crippen LogP contribution in [0, 0.1) is 3.57 Å². The molecule has 3 N–H and O–H groups in total. The van der Waals surface area contributed by atoms with E-state index in [-0.39, 0.29) is 12.1 Å². The number of nitrogens with one attached hydrogen (secondary N) is 3. The van der Waals surface area contributed by atoms with Crippen molar-refractivity contribution >= 4 is 28.5 Å². The Morgan fingerprint density at radius 3 is 2.93 bits per heavy atom. The third kappa shape index (κ3) is 2.67. The van der Waals surface area contributed by atoms with Crippen LogP contribution in [0.15, 0.2) is 24.3 Å². The molecular formula is C10H12IN3O. The molecule has 0 aromatic heterocycles. The second kappa shape index (κ2) is 4.91. The minimum atomic E-state index is -0.0267. The Labute approximate surface area is 102 Å². The Bertz CT molecular complexity index is 363. The highest BCUT2D eigenvalue weighted by Gasteiger charge is 2.17. The van der Waals surface area contributed by atoms with Gasteiger partial charge in [0.25, 0.3) is 5.91 Å². The van der Waals surface area contributed by atoms with E-state index in [9.17, 15) is 4.79 Å². The van der Waals surface area contributed by atoms with Gasteiger partial charge in [-0.25, -0.2) is 5.43 Å².